The minimum atomic E-state index is -0.529. The molecule has 3 heterocycles. The Morgan fingerprint density at radius 1 is 1.45 bits per heavy atom. The maximum absolute atomic E-state index is 12.3. The Morgan fingerprint density at radius 2 is 2.26 bits per heavy atom. The van der Waals surface area contributed by atoms with Crippen molar-refractivity contribution in [2.75, 3.05) is 11.9 Å². The van der Waals surface area contributed by atoms with Crippen molar-refractivity contribution < 1.29 is 19.1 Å². The van der Waals surface area contributed by atoms with Gasteiger partial charge in [-0.2, -0.15) is 14.7 Å². The average molecular weight is 438 g/mol. The molecule has 0 radical (unpaired) electrons. The normalized spacial score (nSPS) is 16.1. The summed E-state index contributed by atoms with van der Waals surface area (Å²) in [4.78, 5) is 36.1. The second-order valence-corrected chi connectivity index (χ2v) is 7.86. The topological polar surface area (TPSA) is 139 Å². The highest BCUT2D eigenvalue weighted by molar-refractivity contribution is 7.10. The monoisotopic (exact) mass is 438 g/mol. The lowest BCUT2D eigenvalue weighted by Gasteiger charge is -2.19. The predicted octanol–water partition coefficient (Wildman–Crippen LogP) is 1.75. The zero-order valence-corrected chi connectivity index (χ0v) is 17.6. The predicted molar refractivity (Wildman–Crippen MR) is 112 cm³/mol. The Labute approximate surface area is 181 Å². The average Bonchev–Trinajstić information content (AvgIpc) is 3.26. The summed E-state index contributed by atoms with van der Waals surface area (Å²) in [6.07, 6.45) is 0.645. The van der Waals surface area contributed by atoms with E-state index in [0.717, 1.165) is 16.9 Å². The molecule has 3 aromatic rings. The van der Waals surface area contributed by atoms with Gasteiger partial charge in [0.2, 0.25) is 11.8 Å². The van der Waals surface area contributed by atoms with E-state index in [1.165, 1.54) is 0 Å². The number of hydrogen-bond acceptors (Lipinski definition) is 8. The number of rotatable bonds is 5. The quantitative estimate of drug-likeness (QED) is 0.579. The number of aryl methyl sites for hydroxylation is 2. The van der Waals surface area contributed by atoms with Crippen LogP contribution in [0.15, 0.2) is 18.2 Å². The van der Waals surface area contributed by atoms with E-state index in [1.54, 1.807) is 30.8 Å². The van der Waals surface area contributed by atoms with Crippen LogP contribution in [0.1, 0.15) is 35.7 Å². The van der Waals surface area contributed by atoms with E-state index in [1.807, 2.05) is 12.1 Å². The standard InChI is InChI=1S/C20H18N6O4S/c1-10-13(8-21)20(31-25-10)23-16(28)9-30-14-5-3-4-11-17(24-26(2)18(11)14)12-6-7-15(27)22-19(12)29/h3-5,12H,6-7,9H2,1-2H3,(H,23,28)(H,22,27,29). The van der Waals surface area contributed by atoms with Crippen LogP contribution in [0.2, 0.25) is 0 Å². The number of fused-ring (bicyclic) bond motifs is 1. The molecular formula is C20H18N6O4S. The molecule has 3 amide bonds. The van der Waals surface area contributed by atoms with Crippen LogP contribution in [0, 0.1) is 18.3 Å². The second kappa shape index (κ2) is 8.16. The first-order valence-electron chi connectivity index (χ1n) is 9.47. The smallest absolute Gasteiger partial charge is 0.262 e. The van der Waals surface area contributed by atoms with Crippen LogP contribution < -0.4 is 15.4 Å². The number of carbonyl (C=O) groups is 3. The molecule has 1 aliphatic rings. The Kier molecular flexibility index (Phi) is 5.39. The highest BCUT2D eigenvalue weighted by atomic mass is 32.1. The summed E-state index contributed by atoms with van der Waals surface area (Å²) >= 11 is 1.04. The van der Waals surface area contributed by atoms with E-state index < -0.39 is 11.8 Å². The number of carbonyl (C=O) groups excluding carboxylic acids is 3. The summed E-state index contributed by atoms with van der Waals surface area (Å²) in [6.45, 7) is 1.42. The first kappa shape index (κ1) is 20.5. The van der Waals surface area contributed by atoms with Gasteiger partial charge in [-0.1, -0.05) is 12.1 Å². The Morgan fingerprint density at radius 3 is 3.00 bits per heavy atom. The van der Waals surface area contributed by atoms with Gasteiger partial charge in [0.15, 0.2) is 6.61 Å². The highest BCUT2D eigenvalue weighted by Crippen LogP contribution is 2.34. The Hall–Kier alpha value is -3.78. The number of imide groups is 1. The first-order chi connectivity index (χ1) is 14.9. The summed E-state index contributed by atoms with van der Waals surface area (Å²) in [5.41, 5.74) is 2.10. The molecule has 2 N–H and O–H groups in total. The van der Waals surface area contributed by atoms with E-state index in [-0.39, 0.29) is 24.8 Å². The van der Waals surface area contributed by atoms with Crippen molar-refractivity contribution in [2.24, 2.45) is 7.05 Å². The minimum absolute atomic E-state index is 0.257. The van der Waals surface area contributed by atoms with Crippen molar-refractivity contribution in [3.63, 3.8) is 0 Å². The van der Waals surface area contributed by atoms with Gasteiger partial charge in [0, 0.05) is 18.9 Å². The van der Waals surface area contributed by atoms with Crippen LogP contribution in [0.3, 0.4) is 0 Å². The van der Waals surface area contributed by atoms with E-state index >= 15 is 0 Å². The Balaban J connectivity index is 1.54. The lowest BCUT2D eigenvalue weighted by molar-refractivity contribution is -0.134. The van der Waals surface area contributed by atoms with Gasteiger partial charge >= 0.3 is 0 Å². The van der Waals surface area contributed by atoms with Gasteiger partial charge in [-0.05, 0) is 30.9 Å². The molecule has 0 saturated carbocycles. The number of nitrogens with one attached hydrogen (secondary N) is 2. The largest absolute Gasteiger partial charge is 0.481 e. The second-order valence-electron chi connectivity index (χ2n) is 7.09. The maximum atomic E-state index is 12.3. The summed E-state index contributed by atoms with van der Waals surface area (Å²) in [5.74, 6) is -1.17. The number of ether oxygens (including phenoxy) is 1. The summed E-state index contributed by atoms with van der Waals surface area (Å²) in [5, 5.41) is 19.8. The van der Waals surface area contributed by atoms with Gasteiger partial charge in [0.05, 0.1) is 17.3 Å². The van der Waals surface area contributed by atoms with Crippen LogP contribution in [0.25, 0.3) is 10.9 Å². The molecule has 10 nitrogen and oxygen atoms in total. The fourth-order valence-corrected chi connectivity index (χ4v) is 4.31. The third kappa shape index (κ3) is 3.85. The molecule has 1 aromatic carbocycles. The van der Waals surface area contributed by atoms with Crippen LogP contribution in [0.4, 0.5) is 5.00 Å². The van der Waals surface area contributed by atoms with Crippen LogP contribution in [-0.2, 0) is 21.4 Å². The van der Waals surface area contributed by atoms with Crippen molar-refractivity contribution in [3.8, 4) is 11.8 Å². The number of para-hydroxylation sites is 1. The number of nitriles is 1. The molecule has 0 aliphatic carbocycles. The molecule has 1 atom stereocenters. The molecule has 1 unspecified atom stereocenters. The summed E-state index contributed by atoms with van der Waals surface area (Å²) in [7, 11) is 1.73. The third-order valence-corrected chi connectivity index (χ3v) is 5.87. The number of nitrogens with zero attached hydrogens (tertiary/aromatic N) is 4. The maximum Gasteiger partial charge on any atom is 0.262 e. The van der Waals surface area contributed by atoms with Crippen LogP contribution in [0.5, 0.6) is 5.75 Å². The van der Waals surface area contributed by atoms with Gasteiger partial charge < -0.3 is 10.1 Å². The molecule has 1 aliphatic heterocycles. The molecule has 1 saturated heterocycles. The van der Waals surface area contributed by atoms with Gasteiger partial charge in [0.25, 0.3) is 5.91 Å². The van der Waals surface area contributed by atoms with E-state index in [2.05, 4.69) is 20.1 Å². The number of piperidine rings is 1. The van der Waals surface area contributed by atoms with E-state index in [0.29, 0.717) is 39.6 Å². The van der Waals surface area contributed by atoms with Gasteiger partial charge in [0.1, 0.15) is 27.9 Å². The molecule has 11 heteroatoms. The fraction of sp³-hybridized carbons (Fsp3) is 0.300. The van der Waals surface area contributed by atoms with Crippen LogP contribution in [-0.4, -0.2) is 38.5 Å². The van der Waals surface area contributed by atoms with Gasteiger partial charge in [-0.3, -0.25) is 24.4 Å². The van der Waals surface area contributed by atoms with E-state index in [9.17, 15) is 19.6 Å². The van der Waals surface area contributed by atoms with Gasteiger partial charge in [-0.15, -0.1) is 0 Å². The molecule has 4 rings (SSSR count). The molecule has 158 valence electrons. The molecule has 0 spiro atoms. The third-order valence-electron chi connectivity index (χ3n) is 5.01. The number of hydrogen-bond donors (Lipinski definition) is 2. The first-order valence-corrected chi connectivity index (χ1v) is 10.2. The molecular weight excluding hydrogens is 420 g/mol. The molecule has 0 bridgehead atoms. The van der Waals surface area contributed by atoms with Crippen molar-refractivity contribution in [1.29, 1.82) is 5.26 Å². The molecule has 31 heavy (non-hydrogen) atoms. The minimum Gasteiger partial charge on any atom is -0.481 e. The number of aromatic nitrogens is 3. The zero-order chi connectivity index (χ0) is 22.1. The Bertz CT molecular complexity index is 1250. The summed E-state index contributed by atoms with van der Waals surface area (Å²) in [6, 6.07) is 7.32. The lowest BCUT2D eigenvalue weighted by Crippen LogP contribution is -2.39. The van der Waals surface area contributed by atoms with Crippen molar-refractivity contribution >= 4 is 45.2 Å². The van der Waals surface area contributed by atoms with E-state index in [4.69, 9.17) is 4.74 Å². The number of anilines is 1. The highest BCUT2D eigenvalue weighted by Gasteiger charge is 2.32. The zero-order valence-electron chi connectivity index (χ0n) is 16.8. The fourth-order valence-electron chi connectivity index (χ4n) is 3.55. The van der Waals surface area contributed by atoms with Crippen LogP contribution >= 0.6 is 11.5 Å². The lowest BCUT2D eigenvalue weighted by atomic mass is 9.93. The SMILES string of the molecule is Cc1nsc(NC(=O)COc2cccc3c(C4CCC(=O)NC4=O)nn(C)c23)c1C#N. The number of amides is 3. The van der Waals surface area contributed by atoms with Crippen molar-refractivity contribution in [1.82, 2.24) is 19.5 Å². The molecule has 1 fully saturated rings. The van der Waals surface area contributed by atoms with Crippen molar-refractivity contribution in [3.05, 3.63) is 35.2 Å². The number of benzene rings is 1. The van der Waals surface area contributed by atoms with Gasteiger partial charge in [-0.25, -0.2) is 0 Å². The summed E-state index contributed by atoms with van der Waals surface area (Å²) < 4.78 is 11.4. The molecule has 2 aromatic heterocycles. The van der Waals surface area contributed by atoms with Crippen molar-refractivity contribution in [2.45, 2.75) is 25.7 Å².